The minimum absolute atomic E-state index is 0.0530. The first-order valence-corrected chi connectivity index (χ1v) is 10.5. The van der Waals surface area contributed by atoms with E-state index in [9.17, 15) is 9.18 Å². The van der Waals surface area contributed by atoms with Gasteiger partial charge in [-0.2, -0.15) is 0 Å². The van der Waals surface area contributed by atoms with Crippen molar-refractivity contribution in [2.24, 2.45) is 0 Å². The van der Waals surface area contributed by atoms with Crippen LogP contribution >= 0.6 is 11.8 Å². The molecule has 3 aromatic rings. The minimum atomic E-state index is -0.360. The molecule has 1 fully saturated rings. The minimum Gasteiger partial charge on any atom is -0.461 e. The van der Waals surface area contributed by atoms with E-state index >= 15 is 0 Å². The quantitative estimate of drug-likeness (QED) is 0.402. The van der Waals surface area contributed by atoms with Gasteiger partial charge in [-0.05, 0) is 56.2 Å². The van der Waals surface area contributed by atoms with Gasteiger partial charge >= 0.3 is 0 Å². The summed E-state index contributed by atoms with van der Waals surface area (Å²) < 4.78 is 20.8. The Balaban J connectivity index is 1.61. The van der Waals surface area contributed by atoms with Crippen LogP contribution in [0.15, 0.2) is 52.2 Å². The van der Waals surface area contributed by atoms with Gasteiger partial charge in [0.05, 0.1) is 11.5 Å². The van der Waals surface area contributed by atoms with Gasteiger partial charge in [-0.1, -0.05) is 31.0 Å². The molecule has 0 amide bonds. The van der Waals surface area contributed by atoms with Crippen LogP contribution in [-0.4, -0.2) is 25.8 Å². The number of nitrogens with zero attached hydrogens (tertiary/aromatic N) is 3. The first-order valence-electron chi connectivity index (χ1n) is 9.58. The fourth-order valence-corrected chi connectivity index (χ4v) is 4.66. The van der Waals surface area contributed by atoms with Crippen LogP contribution < -0.4 is 0 Å². The zero-order valence-corrected chi connectivity index (χ0v) is 16.5. The number of carbonyl (C=O) groups is 1. The van der Waals surface area contributed by atoms with E-state index in [1.165, 1.54) is 55.3 Å². The Kier molecular flexibility index (Phi) is 5.62. The van der Waals surface area contributed by atoms with Gasteiger partial charge in [-0.15, -0.1) is 10.2 Å². The van der Waals surface area contributed by atoms with E-state index in [2.05, 4.69) is 14.8 Å². The number of Topliss-reactive ketones (excluding diaryl/α,β-unsaturated/α-hetero) is 1. The number of halogens is 1. The van der Waals surface area contributed by atoms with Crippen LogP contribution in [0.2, 0.25) is 0 Å². The fourth-order valence-electron chi connectivity index (χ4n) is 3.66. The molecule has 0 spiro atoms. The van der Waals surface area contributed by atoms with Gasteiger partial charge in [-0.25, -0.2) is 4.39 Å². The summed E-state index contributed by atoms with van der Waals surface area (Å²) >= 11 is 1.39. The van der Waals surface area contributed by atoms with Gasteiger partial charge in [-0.3, -0.25) is 9.36 Å². The van der Waals surface area contributed by atoms with Crippen LogP contribution in [0.1, 0.15) is 55.4 Å². The van der Waals surface area contributed by atoms with Crippen molar-refractivity contribution in [1.82, 2.24) is 14.8 Å². The van der Waals surface area contributed by atoms with Crippen molar-refractivity contribution in [3.63, 3.8) is 0 Å². The summed E-state index contributed by atoms with van der Waals surface area (Å²) in [5.74, 6) is 0.989. The molecule has 0 bridgehead atoms. The Morgan fingerprint density at radius 3 is 2.61 bits per heavy atom. The second-order valence-electron chi connectivity index (χ2n) is 7.08. The molecule has 1 aliphatic carbocycles. The molecule has 0 N–H and O–H groups in total. The topological polar surface area (TPSA) is 60.9 Å². The molecule has 1 aliphatic rings. The van der Waals surface area contributed by atoms with Crippen LogP contribution in [-0.2, 0) is 0 Å². The van der Waals surface area contributed by atoms with Gasteiger partial charge in [0, 0.05) is 11.6 Å². The molecule has 2 heterocycles. The number of hydrogen-bond donors (Lipinski definition) is 0. The standard InChI is InChI=1S/C21H22FN3O2S/c1-14(19(26)15-9-11-16(22)12-10-15)28-21-24-23-20(18-8-5-13-27-18)25(21)17-6-3-2-4-7-17/h5,8-14,17H,2-4,6-7H2,1H3/t14-/m1/s1. The van der Waals surface area contributed by atoms with Crippen LogP contribution in [0, 0.1) is 5.82 Å². The van der Waals surface area contributed by atoms with Crippen molar-refractivity contribution in [1.29, 1.82) is 0 Å². The molecule has 28 heavy (non-hydrogen) atoms. The van der Waals surface area contributed by atoms with E-state index in [0.717, 1.165) is 18.0 Å². The first kappa shape index (κ1) is 18.9. The normalized spacial score (nSPS) is 16.2. The summed E-state index contributed by atoms with van der Waals surface area (Å²) in [5.41, 5.74) is 0.497. The second kappa shape index (κ2) is 8.31. The Bertz CT molecular complexity index is 931. The maximum absolute atomic E-state index is 13.1. The van der Waals surface area contributed by atoms with Gasteiger partial charge < -0.3 is 4.42 Å². The average molecular weight is 399 g/mol. The van der Waals surface area contributed by atoms with Crippen molar-refractivity contribution in [3.05, 3.63) is 54.0 Å². The van der Waals surface area contributed by atoms with E-state index in [1.54, 1.807) is 6.26 Å². The van der Waals surface area contributed by atoms with E-state index < -0.39 is 0 Å². The lowest BCUT2D eigenvalue weighted by Gasteiger charge is -2.25. The van der Waals surface area contributed by atoms with Crippen molar-refractivity contribution in [3.8, 4) is 11.6 Å². The van der Waals surface area contributed by atoms with E-state index in [0.29, 0.717) is 23.2 Å². The zero-order valence-electron chi connectivity index (χ0n) is 15.7. The van der Waals surface area contributed by atoms with Crippen LogP contribution in [0.3, 0.4) is 0 Å². The molecular weight excluding hydrogens is 377 g/mol. The Hall–Kier alpha value is -2.41. The number of aromatic nitrogens is 3. The maximum atomic E-state index is 13.1. The zero-order chi connectivity index (χ0) is 19.5. The number of ketones is 1. The molecule has 4 rings (SSSR count). The third-order valence-corrected chi connectivity index (χ3v) is 6.18. The van der Waals surface area contributed by atoms with E-state index in [4.69, 9.17) is 4.42 Å². The lowest BCUT2D eigenvalue weighted by molar-refractivity contribution is 0.0993. The summed E-state index contributed by atoms with van der Waals surface area (Å²) in [5, 5.41) is 9.11. The largest absolute Gasteiger partial charge is 0.461 e. The smallest absolute Gasteiger partial charge is 0.200 e. The summed E-state index contributed by atoms with van der Waals surface area (Å²) in [6.07, 6.45) is 7.36. The summed E-state index contributed by atoms with van der Waals surface area (Å²) in [6, 6.07) is 9.69. The number of hydrogen-bond acceptors (Lipinski definition) is 5. The van der Waals surface area contributed by atoms with Crippen LogP contribution in [0.5, 0.6) is 0 Å². The number of furan rings is 1. The summed E-state index contributed by atoms with van der Waals surface area (Å²) in [6.45, 7) is 1.85. The fraction of sp³-hybridized carbons (Fsp3) is 0.381. The molecule has 1 atom stereocenters. The lowest BCUT2D eigenvalue weighted by atomic mass is 9.95. The Labute approximate surface area is 167 Å². The average Bonchev–Trinajstić information content (AvgIpc) is 3.38. The Morgan fingerprint density at radius 1 is 1.18 bits per heavy atom. The van der Waals surface area contributed by atoms with Crippen molar-refractivity contribution >= 4 is 17.5 Å². The molecule has 5 nitrogen and oxygen atoms in total. The SMILES string of the molecule is C[C@@H](Sc1nnc(-c2ccco2)n1C1CCCCC1)C(=O)c1ccc(F)cc1. The molecule has 2 aromatic heterocycles. The highest BCUT2D eigenvalue weighted by atomic mass is 32.2. The molecule has 1 aromatic carbocycles. The predicted octanol–water partition coefficient (Wildman–Crippen LogP) is 5.55. The van der Waals surface area contributed by atoms with Gasteiger partial charge in [0.15, 0.2) is 16.7 Å². The summed E-state index contributed by atoms with van der Waals surface area (Å²) in [7, 11) is 0. The highest BCUT2D eigenvalue weighted by Gasteiger charge is 2.27. The monoisotopic (exact) mass is 399 g/mol. The van der Waals surface area contributed by atoms with Gasteiger partial charge in [0.1, 0.15) is 5.82 Å². The van der Waals surface area contributed by atoms with Crippen molar-refractivity contribution in [2.75, 3.05) is 0 Å². The van der Waals surface area contributed by atoms with E-state index in [-0.39, 0.29) is 16.9 Å². The number of carbonyl (C=O) groups excluding carboxylic acids is 1. The summed E-state index contributed by atoms with van der Waals surface area (Å²) in [4.78, 5) is 12.8. The third-order valence-electron chi connectivity index (χ3n) is 5.13. The molecule has 1 saturated carbocycles. The molecular formula is C21H22FN3O2S. The van der Waals surface area contributed by atoms with E-state index in [1.807, 2.05) is 19.1 Å². The molecule has 0 aliphatic heterocycles. The molecule has 0 radical (unpaired) electrons. The number of thioether (sulfide) groups is 1. The van der Waals surface area contributed by atoms with Crippen molar-refractivity contribution in [2.45, 2.75) is 55.5 Å². The highest BCUT2D eigenvalue weighted by molar-refractivity contribution is 8.00. The second-order valence-corrected chi connectivity index (χ2v) is 8.38. The number of benzene rings is 1. The predicted molar refractivity (Wildman–Crippen MR) is 106 cm³/mol. The molecule has 0 unspecified atom stereocenters. The van der Waals surface area contributed by atoms with Crippen LogP contribution in [0.25, 0.3) is 11.6 Å². The maximum Gasteiger partial charge on any atom is 0.200 e. The lowest BCUT2D eigenvalue weighted by Crippen LogP contribution is -2.18. The first-order chi connectivity index (χ1) is 13.6. The molecule has 7 heteroatoms. The van der Waals surface area contributed by atoms with Gasteiger partial charge in [0.25, 0.3) is 0 Å². The van der Waals surface area contributed by atoms with Crippen LogP contribution in [0.4, 0.5) is 4.39 Å². The molecule has 146 valence electrons. The Morgan fingerprint density at radius 2 is 1.93 bits per heavy atom. The van der Waals surface area contributed by atoms with Crippen molar-refractivity contribution < 1.29 is 13.6 Å². The highest BCUT2D eigenvalue weighted by Crippen LogP contribution is 2.37. The van der Waals surface area contributed by atoms with Gasteiger partial charge in [0.2, 0.25) is 5.82 Å². The third kappa shape index (κ3) is 3.90. The number of rotatable bonds is 6. The molecule has 0 saturated heterocycles.